The van der Waals surface area contributed by atoms with Gasteiger partial charge in [0.2, 0.25) is 10.0 Å². The third-order valence-corrected chi connectivity index (χ3v) is 5.63. The molecular formula is C14H19N3O2S. The minimum Gasteiger partial charge on any atom is -0.305 e. The van der Waals surface area contributed by atoms with E-state index in [1.165, 1.54) is 10.4 Å². The number of likely N-dealkylation sites (N-methyl/N-ethyl adjacent to an activating group) is 1. The Morgan fingerprint density at radius 2 is 2.05 bits per heavy atom. The van der Waals surface area contributed by atoms with E-state index in [1.54, 1.807) is 18.2 Å². The Labute approximate surface area is 120 Å². The lowest BCUT2D eigenvalue weighted by atomic mass is 10.1. The van der Waals surface area contributed by atoms with Gasteiger partial charge in [0, 0.05) is 19.1 Å². The van der Waals surface area contributed by atoms with Crippen LogP contribution in [-0.2, 0) is 10.0 Å². The van der Waals surface area contributed by atoms with E-state index in [-0.39, 0.29) is 10.9 Å². The summed E-state index contributed by atoms with van der Waals surface area (Å²) in [7, 11) is 0.417. The van der Waals surface area contributed by atoms with Gasteiger partial charge in [-0.05, 0) is 38.2 Å². The molecular weight excluding hydrogens is 274 g/mol. The predicted molar refractivity (Wildman–Crippen MR) is 76.6 cm³/mol. The molecule has 1 fully saturated rings. The molecule has 1 aromatic carbocycles. The van der Waals surface area contributed by atoms with Gasteiger partial charge in [-0.3, -0.25) is 0 Å². The molecule has 20 heavy (non-hydrogen) atoms. The normalized spacial score (nSPS) is 23.9. The topological polar surface area (TPSA) is 64.4 Å². The van der Waals surface area contributed by atoms with Crippen molar-refractivity contribution in [2.75, 3.05) is 27.2 Å². The van der Waals surface area contributed by atoms with Gasteiger partial charge in [-0.25, -0.2) is 8.42 Å². The van der Waals surface area contributed by atoms with Gasteiger partial charge < -0.3 is 4.90 Å². The first-order valence-corrected chi connectivity index (χ1v) is 7.97. The average Bonchev–Trinajstić information content (AvgIpc) is 2.82. The largest absolute Gasteiger partial charge is 0.305 e. The van der Waals surface area contributed by atoms with Crippen LogP contribution in [0.4, 0.5) is 0 Å². The molecule has 5 nitrogen and oxygen atoms in total. The van der Waals surface area contributed by atoms with Gasteiger partial charge in [-0.1, -0.05) is 13.0 Å². The zero-order valence-electron chi connectivity index (χ0n) is 11.9. The molecule has 1 aliphatic rings. The van der Waals surface area contributed by atoms with Gasteiger partial charge in [0.05, 0.1) is 16.5 Å². The van der Waals surface area contributed by atoms with Crippen LogP contribution in [0.5, 0.6) is 0 Å². The molecule has 0 aliphatic carbocycles. The number of sulfonamides is 1. The molecule has 0 spiro atoms. The summed E-state index contributed by atoms with van der Waals surface area (Å²) in [6, 6.07) is 8.39. The molecule has 2 rings (SSSR count). The molecule has 1 aliphatic heterocycles. The Balaban J connectivity index is 2.30. The van der Waals surface area contributed by atoms with E-state index in [0.29, 0.717) is 24.6 Å². The molecule has 0 aromatic heterocycles. The highest BCUT2D eigenvalue weighted by atomic mass is 32.2. The zero-order chi connectivity index (χ0) is 14.9. The number of hydrogen-bond donors (Lipinski definition) is 0. The molecule has 6 heteroatoms. The Kier molecular flexibility index (Phi) is 4.14. The van der Waals surface area contributed by atoms with Crippen molar-refractivity contribution >= 4 is 10.0 Å². The summed E-state index contributed by atoms with van der Waals surface area (Å²) < 4.78 is 26.7. The molecule has 0 amide bonds. The van der Waals surface area contributed by atoms with Crippen molar-refractivity contribution in [3.63, 3.8) is 0 Å². The van der Waals surface area contributed by atoms with Crippen molar-refractivity contribution in [3.05, 3.63) is 29.8 Å². The molecule has 0 saturated carbocycles. The second-order valence-corrected chi connectivity index (χ2v) is 7.41. The van der Waals surface area contributed by atoms with Crippen molar-refractivity contribution in [2.45, 2.75) is 17.9 Å². The maximum Gasteiger partial charge on any atom is 0.243 e. The molecule has 2 unspecified atom stereocenters. The van der Waals surface area contributed by atoms with E-state index in [2.05, 4.69) is 11.8 Å². The highest BCUT2D eigenvalue weighted by Crippen LogP contribution is 2.26. The smallest absolute Gasteiger partial charge is 0.243 e. The summed E-state index contributed by atoms with van der Waals surface area (Å²) in [5.41, 5.74) is 0.363. The maximum atomic E-state index is 12.6. The fourth-order valence-electron chi connectivity index (χ4n) is 2.65. The predicted octanol–water partition coefficient (Wildman–Crippen LogP) is 1.13. The lowest BCUT2D eigenvalue weighted by molar-refractivity contribution is 0.263. The van der Waals surface area contributed by atoms with Crippen molar-refractivity contribution in [1.29, 1.82) is 5.26 Å². The Hall–Kier alpha value is -1.42. The van der Waals surface area contributed by atoms with Crippen molar-refractivity contribution in [2.24, 2.45) is 5.92 Å². The fraction of sp³-hybridized carbons (Fsp3) is 0.500. The van der Waals surface area contributed by atoms with E-state index in [0.717, 1.165) is 0 Å². The van der Waals surface area contributed by atoms with Crippen LogP contribution in [0, 0.1) is 17.2 Å². The Morgan fingerprint density at radius 3 is 2.60 bits per heavy atom. The molecule has 0 N–H and O–H groups in total. The SMILES string of the molecule is CC1CN(S(=O)(=O)c2cccc(C#N)c2)CC1N(C)C. The number of rotatable bonds is 3. The summed E-state index contributed by atoms with van der Waals surface area (Å²) in [6.07, 6.45) is 0. The van der Waals surface area contributed by atoms with E-state index in [1.807, 2.05) is 20.2 Å². The second-order valence-electron chi connectivity index (χ2n) is 5.47. The first-order chi connectivity index (χ1) is 9.36. The van der Waals surface area contributed by atoms with E-state index in [9.17, 15) is 8.42 Å². The first-order valence-electron chi connectivity index (χ1n) is 6.53. The highest BCUT2D eigenvalue weighted by Gasteiger charge is 2.38. The average molecular weight is 293 g/mol. The summed E-state index contributed by atoms with van der Waals surface area (Å²) in [5, 5.41) is 8.88. The third-order valence-electron chi connectivity index (χ3n) is 3.80. The second kappa shape index (κ2) is 5.52. The molecule has 1 saturated heterocycles. The molecule has 0 radical (unpaired) electrons. The van der Waals surface area contributed by atoms with Crippen molar-refractivity contribution < 1.29 is 8.42 Å². The van der Waals surface area contributed by atoms with Gasteiger partial charge >= 0.3 is 0 Å². The van der Waals surface area contributed by atoms with Crippen molar-refractivity contribution in [3.8, 4) is 6.07 Å². The van der Waals surface area contributed by atoms with Gasteiger partial charge in [0.1, 0.15) is 0 Å². The third kappa shape index (κ3) is 2.70. The number of nitriles is 1. The monoisotopic (exact) mass is 293 g/mol. The van der Waals surface area contributed by atoms with Gasteiger partial charge in [0.25, 0.3) is 0 Å². The molecule has 1 heterocycles. The van der Waals surface area contributed by atoms with E-state index >= 15 is 0 Å². The van der Waals surface area contributed by atoms with Gasteiger partial charge in [-0.2, -0.15) is 9.57 Å². The van der Waals surface area contributed by atoms with Crippen LogP contribution in [0.1, 0.15) is 12.5 Å². The van der Waals surface area contributed by atoms with Crippen LogP contribution < -0.4 is 0 Å². The van der Waals surface area contributed by atoms with Crippen LogP contribution >= 0.6 is 0 Å². The minimum absolute atomic E-state index is 0.197. The number of hydrogen-bond acceptors (Lipinski definition) is 4. The van der Waals surface area contributed by atoms with Crippen LogP contribution in [0.25, 0.3) is 0 Å². The molecule has 0 bridgehead atoms. The lowest BCUT2D eigenvalue weighted by Crippen LogP contribution is -2.35. The molecule has 108 valence electrons. The maximum absolute atomic E-state index is 12.6. The summed E-state index contributed by atoms with van der Waals surface area (Å²) in [4.78, 5) is 2.26. The quantitative estimate of drug-likeness (QED) is 0.838. The standard InChI is InChI=1S/C14H19N3O2S/c1-11-9-17(10-14(11)16(2)3)20(18,19)13-6-4-5-12(7-13)8-15/h4-7,11,14H,9-10H2,1-3H3. The Bertz CT molecular complexity index is 634. The minimum atomic E-state index is -3.52. The van der Waals surface area contributed by atoms with Crippen molar-refractivity contribution in [1.82, 2.24) is 9.21 Å². The summed E-state index contributed by atoms with van der Waals surface area (Å²) in [6.45, 7) is 3.07. The van der Waals surface area contributed by atoms with Crippen LogP contribution in [-0.4, -0.2) is 50.8 Å². The van der Waals surface area contributed by atoms with E-state index < -0.39 is 10.0 Å². The molecule has 2 atom stereocenters. The fourth-order valence-corrected chi connectivity index (χ4v) is 4.25. The number of benzene rings is 1. The first kappa shape index (κ1) is 15.0. The van der Waals surface area contributed by atoms with Crippen LogP contribution in [0.3, 0.4) is 0 Å². The number of nitrogens with zero attached hydrogens (tertiary/aromatic N) is 3. The lowest BCUT2D eigenvalue weighted by Gasteiger charge is -2.22. The molecule has 1 aromatic rings. The van der Waals surface area contributed by atoms with Gasteiger partial charge in [0.15, 0.2) is 0 Å². The summed E-state index contributed by atoms with van der Waals surface area (Å²) in [5.74, 6) is 0.291. The zero-order valence-corrected chi connectivity index (χ0v) is 12.8. The highest BCUT2D eigenvalue weighted by molar-refractivity contribution is 7.89. The Morgan fingerprint density at radius 1 is 1.35 bits per heavy atom. The van der Waals surface area contributed by atoms with E-state index in [4.69, 9.17) is 5.26 Å². The van der Waals surface area contributed by atoms with Crippen LogP contribution in [0.15, 0.2) is 29.2 Å². The van der Waals surface area contributed by atoms with Gasteiger partial charge in [-0.15, -0.1) is 0 Å². The summed E-state index contributed by atoms with van der Waals surface area (Å²) >= 11 is 0. The van der Waals surface area contributed by atoms with Crippen LogP contribution in [0.2, 0.25) is 0 Å².